The first-order chi connectivity index (χ1) is 14.7. The Morgan fingerprint density at radius 3 is 2.97 bits per heavy atom. The molecule has 1 aromatic heterocycles. The number of benzene rings is 2. The summed E-state index contributed by atoms with van der Waals surface area (Å²) >= 11 is 1.23. The Hall–Kier alpha value is -2.84. The van der Waals surface area contributed by atoms with Crippen molar-refractivity contribution < 1.29 is 14.3 Å². The van der Waals surface area contributed by atoms with Gasteiger partial charge in [-0.2, -0.15) is 0 Å². The molecule has 0 spiro atoms. The van der Waals surface area contributed by atoms with E-state index < -0.39 is 0 Å². The summed E-state index contributed by atoms with van der Waals surface area (Å²) in [7, 11) is 1.58. The number of amides is 1. The van der Waals surface area contributed by atoms with Crippen molar-refractivity contribution in [2.24, 2.45) is 0 Å². The number of para-hydroxylation sites is 1. The molecule has 2 heterocycles. The Bertz CT molecular complexity index is 1110. The van der Waals surface area contributed by atoms with Gasteiger partial charge in [0.15, 0.2) is 5.16 Å². The van der Waals surface area contributed by atoms with Gasteiger partial charge in [0.2, 0.25) is 5.91 Å². The van der Waals surface area contributed by atoms with Crippen LogP contribution in [0.25, 0.3) is 16.6 Å². The second kappa shape index (κ2) is 9.32. The lowest BCUT2D eigenvalue weighted by Crippen LogP contribution is -2.33. The van der Waals surface area contributed by atoms with Gasteiger partial charge in [0.1, 0.15) is 5.75 Å². The van der Waals surface area contributed by atoms with E-state index in [9.17, 15) is 9.59 Å². The van der Waals surface area contributed by atoms with Crippen LogP contribution in [0.1, 0.15) is 12.8 Å². The number of ether oxygens (including phenoxy) is 2. The highest BCUT2D eigenvalue weighted by Crippen LogP contribution is 2.23. The van der Waals surface area contributed by atoms with Crippen LogP contribution in [0.2, 0.25) is 0 Å². The molecule has 2 aromatic carbocycles. The van der Waals surface area contributed by atoms with Crippen molar-refractivity contribution in [2.75, 3.05) is 26.0 Å². The normalized spacial score (nSPS) is 16.0. The van der Waals surface area contributed by atoms with Crippen LogP contribution in [-0.4, -0.2) is 47.6 Å². The predicted octanol–water partition coefficient (Wildman–Crippen LogP) is 2.78. The fraction of sp³-hybridized carbons (Fsp3) is 0.318. The molecule has 0 radical (unpaired) electrons. The van der Waals surface area contributed by atoms with E-state index in [-0.39, 0.29) is 23.3 Å². The molecule has 1 aliphatic rings. The Balaban J connectivity index is 1.62. The topological polar surface area (TPSA) is 82.4 Å². The van der Waals surface area contributed by atoms with Gasteiger partial charge in [0.05, 0.1) is 35.6 Å². The fourth-order valence-corrected chi connectivity index (χ4v) is 4.24. The van der Waals surface area contributed by atoms with Gasteiger partial charge in [-0.15, -0.1) is 0 Å². The zero-order valence-electron chi connectivity index (χ0n) is 16.7. The molecule has 1 amide bonds. The maximum absolute atomic E-state index is 13.2. The highest BCUT2D eigenvalue weighted by Gasteiger charge is 2.18. The number of rotatable bonds is 7. The second-order valence-electron chi connectivity index (χ2n) is 6.98. The zero-order valence-corrected chi connectivity index (χ0v) is 17.5. The third-order valence-corrected chi connectivity index (χ3v) is 5.88. The Morgan fingerprint density at radius 1 is 1.30 bits per heavy atom. The number of methoxy groups -OCH3 is 1. The summed E-state index contributed by atoms with van der Waals surface area (Å²) in [5.41, 5.74) is 1.06. The molecular weight excluding hydrogens is 402 g/mol. The van der Waals surface area contributed by atoms with E-state index in [4.69, 9.17) is 9.47 Å². The minimum atomic E-state index is -0.184. The van der Waals surface area contributed by atoms with Crippen molar-refractivity contribution in [2.45, 2.75) is 24.1 Å². The number of carbonyl (C=O) groups is 1. The van der Waals surface area contributed by atoms with E-state index in [1.54, 1.807) is 25.3 Å². The maximum Gasteiger partial charge on any atom is 0.266 e. The lowest BCUT2D eigenvalue weighted by atomic mass is 10.2. The molecule has 1 saturated heterocycles. The van der Waals surface area contributed by atoms with E-state index in [1.807, 2.05) is 30.3 Å². The van der Waals surface area contributed by atoms with Crippen LogP contribution < -0.4 is 15.6 Å². The molecule has 0 aliphatic carbocycles. The van der Waals surface area contributed by atoms with E-state index in [1.165, 1.54) is 16.3 Å². The molecule has 4 rings (SSSR count). The molecule has 1 atom stereocenters. The maximum atomic E-state index is 13.2. The van der Waals surface area contributed by atoms with Gasteiger partial charge in [0.25, 0.3) is 5.56 Å². The second-order valence-corrected chi connectivity index (χ2v) is 7.92. The lowest BCUT2D eigenvalue weighted by molar-refractivity contribution is -0.119. The van der Waals surface area contributed by atoms with E-state index >= 15 is 0 Å². The van der Waals surface area contributed by atoms with E-state index in [0.717, 1.165) is 19.4 Å². The Morgan fingerprint density at radius 2 is 2.17 bits per heavy atom. The first-order valence-electron chi connectivity index (χ1n) is 9.83. The average Bonchev–Trinajstić information content (AvgIpc) is 3.30. The minimum Gasteiger partial charge on any atom is -0.497 e. The average molecular weight is 426 g/mol. The molecule has 3 aromatic rings. The number of fused-ring (bicyclic) bond motifs is 1. The van der Waals surface area contributed by atoms with Crippen molar-refractivity contribution in [3.63, 3.8) is 0 Å². The SMILES string of the molecule is COc1cccc(-n2c(SCC(=O)NCC3CCCO3)nc3ccccc3c2=O)c1. The Labute approximate surface area is 178 Å². The number of nitrogens with one attached hydrogen (secondary N) is 1. The van der Waals surface area contributed by atoms with Gasteiger partial charge in [0, 0.05) is 19.2 Å². The largest absolute Gasteiger partial charge is 0.497 e. The van der Waals surface area contributed by atoms with Gasteiger partial charge in [-0.05, 0) is 37.1 Å². The lowest BCUT2D eigenvalue weighted by Gasteiger charge is -2.14. The monoisotopic (exact) mass is 425 g/mol. The van der Waals surface area contributed by atoms with Crippen molar-refractivity contribution in [3.8, 4) is 11.4 Å². The first-order valence-corrected chi connectivity index (χ1v) is 10.8. The van der Waals surface area contributed by atoms with E-state index in [2.05, 4.69) is 10.3 Å². The molecule has 8 heteroatoms. The highest BCUT2D eigenvalue weighted by molar-refractivity contribution is 7.99. The predicted molar refractivity (Wildman–Crippen MR) is 117 cm³/mol. The molecule has 1 N–H and O–H groups in total. The summed E-state index contributed by atoms with van der Waals surface area (Å²) < 4.78 is 12.4. The number of hydrogen-bond acceptors (Lipinski definition) is 6. The molecule has 7 nitrogen and oxygen atoms in total. The van der Waals surface area contributed by atoms with Crippen LogP contribution in [-0.2, 0) is 9.53 Å². The van der Waals surface area contributed by atoms with Gasteiger partial charge >= 0.3 is 0 Å². The van der Waals surface area contributed by atoms with Crippen LogP contribution in [0.3, 0.4) is 0 Å². The summed E-state index contributed by atoms with van der Waals surface area (Å²) in [5.74, 6) is 0.675. The number of hydrogen-bond donors (Lipinski definition) is 1. The van der Waals surface area contributed by atoms with Gasteiger partial charge in [-0.1, -0.05) is 30.0 Å². The van der Waals surface area contributed by atoms with Crippen LogP contribution in [0.4, 0.5) is 0 Å². The third-order valence-electron chi connectivity index (χ3n) is 4.94. The van der Waals surface area contributed by atoms with Crippen LogP contribution >= 0.6 is 11.8 Å². The molecule has 30 heavy (non-hydrogen) atoms. The van der Waals surface area contributed by atoms with Gasteiger partial charge in [-0.25, -0.2) is 4.98 Å². The van der Waals surface area contributed by atoms with Crippen molar-refractivity contribution in [3.05, 3.63) is 58.9 Å². The molecule has 1 aliphatic heterocycles. The number of nitrogens with zero attached hydrogens (tertiary/aromatic N) is 2. The highest BCUT2D eigenvalue weighted by atomic mass is 32.2. The third kappa shape index (κ3) is 4.49. The smallest absolute Gasteiger partial charge is 0.266 e. The van der Waals surface area contributed by atoms with Crippen molar-refractivity contribution in [1.82, 2.24) is 14.9 Å². The molecule has 1 fully saturated rings. The fourth-order valence-electron chi connectivity index (χ4n) is 3.40. The molecule has 1 unspecified atom stereocenters. The van der Waals surface area contributed by atoms with Gasteiger partial charge in [-0.3, -0.25) is 14.2 Å². The van der Waals surface area contributed by atoms with Crippen molar-refractivity contribution >= 4 is 28.6 Å². The summed E-state index contributed by atoms with van der Waals surface area (Å²) in [4.78, 5) is 30.3. The zero-order chi connectivity index (χ0) is 20.9. The quantitative estimate of drug-likeness (QED) is 0.463. The van der Waals surface area contributed by atoms with Crippen LogP contribution in [0.15, 0.2) is 58.5 Å². The van der Waals surface area contributed by atoms with Crippen LogP contribution in [0.5, 0.6) is 5.75 Å². The summed E-state index contributed by atoms with van der Waals surface area (Å²) in [6.07, 6.45) is 2.09. The van der Waals surface area contributed by atoms with Crippen LogP contribution in [0, 0.1) is 0 Å². The van der Waals surface area contributed by atoms with Crippen molar-refractivity contribution in [1.29, 1.82) is 0 Å². The van der Waals surface area contributed by atoms with E-state index in [0.29, 0.717) is 34.0 Å². The summed E-state index contributed by atoms with van der Waals surface area (Å²) in [6.45, 7) is 1.26. The number of aromatic nitrogens is 2. The first kappa shape index (κ1) is 20.4. The minimum absolute atomic E-state index is 0.0905. The molecule has 0 bridgehead atoms. The molecule has 156 valence electrons. The summed E-state index contributed by atoms with van der Waals surface area (Å²) in [6, 6.07) is 14.4. The number of carbonyl (C=O) groups excluding carboxylic acids is 1. The summed E-state index contributed by atoms with van der Waals surface area (Å²) in [5, 5.41) is 3.88. The standard InChI is InChI=1S/C22H23N3O4S/c1-28-16-7-4-6-15(12-16)25-21(27)18-9-2-3-10-19(18)24-22(25)30-14-20(26)23-13-17-8-5-11-29-17/h2-4,6-7,9-10,12,17H,5,8,11,13-14H2,1H3,(H,23,26). The Kier molecular flexibility index (Phi) is 6.35. The van der Waals surface area contributed by atoms with Gasteiger partial charge < -0.3 is 14.8 Å². The molecule has 0 saturated carbocycles. The number of thioether (sulfide) groups is 1. The molecular formula is C22H23N3O4S.